The van der Waals surface area contributed by atoms with Gasteiger partial charge in [-0.2, -0.15) is 0 Å². The molecule has 1 aromatic heterocycles. The number of carbonyl (C=O) groups excluding carboxylic acids is 4. The van der Waals surface area contributed by atoms with Gasteiger partial charge in [0.15, 0.2) is 0 Å². The summed E-state index contributed by atoms with van der Waals surface area (Å²) in [6, 6.07) is 5.54. The minimum atomic E-state index is -1.43. The quantitative estimate of drug-likeness (QED) is 0.371. The topological polar surface area (TPSA) is 156 Å². The third kappa shape index (κ3) is 4.97. The summed E-state index contributed by atoms with van der Waals surface area (Å²) in [6.07, 6.45) is 6.36. The Bertz CT molecular complexity index is 1520. The first-order valence-corrected chi connectivity index (χ1v) is 15.2. The summed E-state index contributed by atoms with van der Waals surface area (Å²) in [5.41, 5.74) is -0.0346. The van der Waals surface area contributed by atoms with E-state index in [4.69, 9.17) is 9.47 Å². The molecule has 2 aromatic rings. The van der Waals surface area contributed by atoms with Crippen LogP contribution in [0.1, 0.15) is 33.6 Å². The van der Waals surface area contributed by atoms with E-state index in [1.54, 1.807) is 28.7 Å². The van der Waals surface area contributed by atoms with Crippen molar-refractivity contribution in [1.82, 2.24) is 30.1 Å². The molecular formula is C31H38N6O7. The van der Waals surface area contributed by atoms with Gasteiger partial charge in [0.05, 0.1) is 36.7 Å². The van der Waals surface area contributed by atoms with Gasteiger partial charge in [-0.3, -0.25) is 19.2 Å². The number of carbonyl (C=O) groups is 4. The van der Waals surface area contributed by atoms with Crippen molar-refractivity contribution in [3.8, 4) is 0 Å². The lowest BCUT2D eigenvalue weighted by molar-refractivity contribution is -0.160. The first-order valence-electron chi connectivity index (χ1n) is 15.2. The molecule has 7 atom stereocenters. The third-order valence-corrected chi connectivity index (χ3v) is 9.10. The number of nitrogens with one attached hydrogen (secondary N) is 1. The molecule has 1 aromatic carbocycles. The lowest BCUT2D eigenvalue weighted by atomic mass is 9.74. The zero-order valence-electron chi connectivity index (χ0n) is 25.0. The number of amides is 3. The van der Waals surface area contributed by atoms with Crippen molar-refractivity contribution in [2.24, 2.45) is 17.8 Å². The van der Waals surface area contributed by atoms with E-state index in [9.17, 15) is 24.3 Å². The predicted molar refractivity (Wildman–Crippen MR) is 156 cm³/mol. The highest BCUT2D eigenvalue weighted by atomic mass is 16.6. The number of fused-ring (bicyclic) bond motifs is 3. The maximum absolute atomic E-state index is 14.8. The number of aromatic nitrogens is 3. The van der Waals surface area contributed by atoms with E-state index in [1.807, 2.05) is 50.3 Å². The Morgan fingerprint density at radius 2 is 1.93 bits per heavy atom. The van der Waals surface area contributed by atoms with Crippen molar-refractivity contribution in [2.75, 3.05) is 19.7 Å². The highest BCUT2D eigenvalue weighted by Gasteiger charge is 2.74. The second-order valence-electron chi connectivity index (χ2n) is 12.3. The average molecular weight is 607 g/mol. The molecule has 44 heavy (non-hydrogen) atoms. The van der Waals surface area contributed by atoms with Crippen LogP contribution in [0.4, 0.5) is 0 Å². The fraction of sp³-hybridized carbons (Fsp3) is 0.548. The van der Waals surface area contributed by atoms with Crippen molar-refractivity contribution in [1.29, 1.82) is 0 Å². The Kier molecular flexibility index (Phi) is 8.01. The second kappa shape index (κ2) is 11.8. The number of hydrogen-bond donors (Lipinski definition) is 2. The van der Waals surface area contributed by atoms with Crippen LogP contribution in [0, 0.1) is 17.8 Å². The lowest BCUT2D eigenvalue weighted by Gasteiger charge is -2.39. The highest BCUT2D eigenvalue weighted by molar-refractivity contribution is 5.99. The van der Waals surface area contributed by atoms with Crippen LogP contribution in [0.3, 0.4) is 0 Å². The molecule has 4 aliphatic rings. The first kappa shape index (κ1) is 29.9. The molecule has 1 spiro atoms. The third-order valence-electron chi connectivity index (χ3n) is 9.10. The van der Waals surface area contributed by atoms with Crippen LogP contribution in [0.15, 0.2) is 48.6 Å². The fourth-order valence-electron chi connectivity index (χ4n) is 6.91. The molecule has 0 unspecified atom stereocenters. The molecule has 2 saturated heterocycles. The molecule has 234 valence electrons. The van der Waals surface area contributed by atoms with E-state index in [0.717, 1.165) is 5.52 Å². The number of nitrogens with zero attached hydrogens (tertiary/aromatic N) is 5. The van der Waals surface area contributed by atoms with Crippen LogP contribution < -0.4 is 5.32 Å². The largest absolute Gasteiger partial charge is 0.460 e. The summed E-state index contributed by atoms with van der Waals surface area (Å²) in [4.78, 5) is 58.2. The van der Waals surface area contributed by atoms with Crippen LogP contribution in [0.2, 0.25) is 0 Å². The number of benzene rings is 1. The average Bonchev–Trinajstić information content (AvgIpc) is 3.74. The Morgan fingerprint density at radius 3 is 2.70 bits per heavy atom. The van der Waals surface area contributed by atoms with Crippen LogP contribution in [0.5, 0.6) is 0 Å². The molecule has 2 N–H and O–H groups in total. The Labute approximate surface area is 254 Å². The number of ether oxygens (including phenoxy) is 2. The number of para-hydroxylation sites is 1. The van der Waals surface area contributed by atoms with E-state index >= 15 is 0 Å². The molecular weight excluding hydrogens is 568 g/mol. The molecule has 6 rings (SSSR count). The van der Waals surface area contributed by atoms with Crippen molar-refractivity contribution >= 4 is 34.7 Å². The number of esters is 1. The minimum absolute atomic E-state index is 0.0189. The van der Waals surface area contributed by atoms with Gasteiger partial charge in [-0.25, -0.2) is 4.68 Å². The summed E-state index contributed by atoms with van der Waals surface area (Å²) < 4.78 is 13.8. The predicted octanol–water partition coefficient (Wildman–Crippen LogP) is 0.783. The smallest absolute Gasteiger partial charge is 0.313 e. The van der Waals surface area contributed by atoms with Crippen molar-refractivity contribution in [3.05, 3.63) is 48.6 Å². The summed E-state index contributed by atoms with van der Waals surface area (Å²) in [7, 11) is 0. The van der Waals surface area contributed by atoms with Gasteiger partial charge in [0.25, 0.3) is 5.91 Å². The van der Waals surface area contributed by atoms with Crippen LogP contribution >= 0.6 is 0 Å². The van der Waals surface area contributed by atoms with E-state index in [1.165, 1.54) is 4.90 Å². The van der Waals surface area contributed by atoms with Crippen LogP contribution in [0.25, 0.3) is 11.0 Å². The Morgan fingerprint density at radius 1 is 1.14 bits per heavy atom. The Hall–Kier alpha value is -4.10. The molecule has 0 radical (unpaired) electrons. The van der Waals surface area contributed by atoms with Gasteiger partial charge in [0.2, 0.25) is 11.8 Å². The van der Waals surface area contributed by atoms with Gasteiger partial charge in [-0.05, 0) is 31.4 Å². The zero-order valence-corrected chi connectivity index (χ0v) is 25.0. The second-order valence-corrected chi connectivity index (χ2v) is 12.3. The van der Waals surface area contributed by atoms with E-state index < -0.39 is 59.5 Å². The van der Waals surface area contributed by atoms with Crippen molar-refractivity contribution in [3.63, 3.8) is 0 Å². The summed E-state index contributed by atoms with van der Waals surface area (Å²) >= 11 is 0. The summed E-state index contributed by atoms with van der Waals surface area (Å²) in [6.45, 7) is 5.34. The zero-order chi connectivity index (χ0) is 31.2. The number of aliphatic hydroxyl groups is 1. The number of rotatable bonds is 5. The molecule has 3 amide bonds. The van der Waals surface area contributed by atoms with Gasteiger partial charge in [0.1, 0.15) is 35.9 Å². The first-order chi connectivity index (χ1) is 21.2. The maximum atomic E-state index is 14.8. The monoisotopic (exact) mass is 606 g/mol. The van der Waals surface area contributed by atoms with Crippen LogP contribution in [-0.4, -0.2) is 103 Å². The van der Waals surface area contributed by atoms with Crippen molar-refractivity contribution < 1.29 is 33.8 Å². The summed E-state index contributed by atoms with van der Waals surface area (Å²) in [5, 5.41) is 21.8. The van der Waals surface area contributed by atoms with E-state index in [-0.39, 0.29) is 44.6 Å². The highest BCUT2D eigenvalue weighted by Crippen LogP contribution is 2.56. The number of aliphatic hydroxyl groups excluding tert-OH is 1. The molecule has 0 aliphatic carbocycles. The van der Waals surface area contributed by atoms with Gasteiger partial charge < -0.3 is 29.7 Å². The molecule has 5 heterocycles. The molecule has 4 aliphatic heterocycles. The van der Waals surface area contributed by atoms with Gasteiger partial charge in [-0.15, -0.1) is 5.10 Å². The Balaban J connectivity index is 1.44. The maximum Gasteiger partial charge on any atom is 0.313 e. The lowest BCUT2D eigenvalue weighted by Crippen LogP contribution is -2.59. The number of allylic oxidation sites excluding steroid dienone is 1. The van der Waals surface area contributed by atoms with Gasteiger partial charge >= 0.3 is 5.97 Å². The molecule has 2 fully saturated rings. The molecule has 13 nitrogen and oxygen atoms in total. The van der Waals surface area contributed by atoms with Gasteiger partial charge in [-0.1, -0.05) is 55.5 Å². The summed E-state index contributed by atoms with van der Waals surface area (Å²) in [5.74, 6) is -3.88. The van der Waals surface area contributed by atoms with Crippen molar-refractivity contribution in [2.45, 2.75) is 70.2 Å². The van der Waals surface area contributed by atoms with Crippen LogP contribution in [-0.2, 0) is 35.3 Å². The number of hydrogen-bond acceptors (Lipinski definition) is 9. The minimum Gasteiger partial charge on any atom is -0.460 e. The van der Waals surface area contributed by atoms with E-state index in [0.29, 0.717) is 11.9 Å². The number of cyclic esters (lactones) is 1. The van der Waals surface area contributed by atoms with E-state index in [2.05, 4.69) is 15.6 Å². The molecule has 13 heteroatoms. The molecule has 0 saturated carbocycles. The molecule has 5 bridgehead atoms. The SMILES string of the molecule is CC(C)[C@H](CO)N1C(=O)[C@H]2[C@@H]3C(=O)O[C@H](C)CNC(=O)CC/C=C\CN(Cn4nnc5ccccc54)C(=O)[C@H]1[C@@]21C=C[C@@H]3O1. The standard InChI is InChI=1S/C31H38N6O7/c1-18(2)22(16-38)37-27-29(41)35(17-36-21-10-7-6-9-20(21)33-34-36)14-8-4-5-11-24(39)32-15-19(3)43-30(42)25-23-12-13-31(27,44-23)26(25)28(37)40/h4,6-10,12-13,18-19,22-23,25-27,38H,5,11,14-17H2,1-3H3,(H,32,39)/b8-4-/t19-,22+,23+,25-,26-,27+,31-/m1/s1. The fourth-order valence-corrected chi connectivity index (χ4v) is 6.91. The normalized spacial score (nSPS) is 32.3. The number of likely N-dealkylation sites (tertiary alicyclic amines) is 1. The van der Waals surface area contributed by atoms with Gasteiger partial charge in [0, 0.05) is 13.0 Å².